The molecule has 0 bridgehead atoms. The molecule has 2 rings (SSSR count). The van der Waals surface area contributed by atoms with Crippen LogP contribution in [0.2, 0.25) is 4.34 Å². The van der Waals surface area contributed by atoms with Gasteiger partial charge in [0.15, 0.2) is 5.75 Å². The highest BCUT2D eigenvalue weighted by atomic mass is 35.5. The van der Waals surface area contributed by atoms with Gasteiger partial charge in [-0.3, -0.25) is 4.98 Å². The summed E-state index contributed by atoms with van der Waals surface area (Å²) in [5.41, 5.74) is 0.0997. The molecule has 0 aromatic carbocycles. The number of pyridine rings is 1. The Hall–Kier alpha value is -1.59. The number of aromatic nitrogens is 1. The maximum Gasteiger partial charge on any atom is 0.339 e. The Balaban J connectivity index is 2.11. The fourth-order valence-electron chi connectivity index (χ4n) is 1.25. The van der Waals surface area contributed by atoms with Gasteiger partial charge in [0.25, 0.3) is 0 Å². The van der Waals surface area contributed by atoms with Gasteiger partial charge in [-0.05, 0) is 18.2 Å². The standard InChI is InChI=1S/C11H8ClNO3S/c12-10-2-1-7(17-10)6-16-9-5-13-4-3-8(9)11(14)15/h1-5H,6H2,(H,14,15). The average Bonchev–Trinajstić information content (AvgIpc) is 2.73. The number of thiophene rings is 1. The smallest absolute Gasteiger partial charge is 0.339 e. The third-order valence-corrected chi connectivity index (χ3v) is 3.22. The first kappa shape index (κ1) is 11.9. The van der Waals surface area contributed by atoms with Gasteiger partial charge in [-0.25, -0.2) is 4.79 Å². The Kier molecular flexibility index (Phi) is 3.61. The van der Waals surface area contributed by atoms with Crippen molar-refractivity contribution in [3.63, 3.8) is 0 Å². The number of hydrogen-bond donors (Lipinski definition) is 1. The van der Waals surface area contributed by atoms with Crippen LogP contribution in [0.5, 0.6) is 5.75 Å². The number of carboxylic acids is 1. The van der Waals surface area contributed by atoms with Gasteiger partial charge in [0, 0.05) is 11.1 Å². The number of carboxylic acid groups (broad SMARTS) is 1. The summed E-state index contributed by atoms with van der Waals surface area (Å²) in [4.78, 5) is 15.7. The molecule has 2 aromatic heterocycles. The largest absolute Gasteiger partial charge is 0.486 e. The number of hydrogen-bond acceptors (Lipinski definition) is 4. The number of rotatable bonds is 4. The molecule has 0 unspecified atom stereocenters. The third-order valence-electron chi connectivity index (χ3n) is 2.01. The van der Waals surface area contributed by atoms with Crippen LogP contribution in [0.15, 0.2) is 30.6 Å². The van der Waals surface area contributed by atoms with Crippen LogP contribution >= 0.6 is 22.9 Å². The fraction of sp³-hybridized carbons (Fsp3) is 0.0909. The van der Waals surface area contributed by atoms with Crippen molar-refractivity contribution >= 4 is 28.9 Å². The van der Waals surface area contributed by atoms with E-state index in [1.165, 1.54) is 29.8 Å². The molecule has 0 radical (unpaired) electrons. The zero-order valence-corrected chi connectivity index (χ0v) is 10.2. The molecule has 2 heterocycles. The summed E-state index contributed by atoms with van der Waals surface area (Å²) < 4.78 is 6.08. The van der Waals surface area contributed by atoms with Crippen LogP contribution in [-0.4, -0.2) is 16.1 Å². The molecule has 0 aliphatic carbocycles. The number of halogens is 1. The summed E-state index contributed by atoms with van der Waals surface area (Å²) in [5.74, 6) is -0.781. The number of carbonyl (C=O) groups is 1. The van der Waals surface area contributed by atoms with Gasteiger partial charge in [0.05, 0.1) is 10.5 Å². The number of ether oxygens (including phenoxy) is 1. The van der Waals surface area contributed by atoms with Gasteiger partial charge in [-0.2, -0.15) is 0 Å². The summed E-state index contributed by atoms with van der Waals surface area (Å²) >= 11 is 7.17. The summed E-state index contributed by atoms with van der Waals surface area (Å²) in [6, 6.07) is 5.01. The lowest BCUT2D eigenvalue weighted by Gasteiger charge is -2.06. The first-order chi connectivity index (χ1) is 8.16. The zero-order valence-electron chi connectivity index (χ0n) is 8.59. The van der Waals surface area contributed by atoms with Crippen LogP contribution in [0.25, 0.3) is 0 Å². The molecule has 2 aromatic rings. The van der Waals surface area contributed by atoms with Gasteiger partial charge < -0.3 is 9.84 Å². The van der Waals surface area contributed by atoms with Gasteiger partial charge >= 0.3 is 5.97 Å². The van der Waals surface area contributed by atoms with Crippen molar-refractivity contribution in [2.45, 2.75) is 6.61 Å². The van der Waals surface area contributed by atoms with E-state index >= 15 is 0 Å². The first-order valence-electron chi connectivity index (χ1n) is 4.71. The fourth-order valence-corrected chi connectivity index (χ4v) is 2.25. The second-order valence-corrected chi connectivity index (χ2v) is 4.97. The van der Waals surface area contributed by atoms with Gasteiger partial charge in [-0.1, -0.05) is 11.6 Å². The molecule has 6 heteroatoms. The van der Waals surface area contributed by atoms with Crippen molar-refractivity contribution in [2.24, 2.45) is 0 Å². The second-order valence-electron chi connectivity index (χ2n) is 3.17. The highest BCUT2D eigenvalue weighted by Crippen LogP contribution is 2.24. The molecule has 0 aliphatic rings. The number of nitrogens with zero attached hydrogens (tertiary/aromatic N) is 1. The van der Waals surface area contributed by atoms with E-state index < -0.39 is 5.97 Å². The molecule has 0 atom stereocenters. The van der Waals surface area contributed by atoms with E-state index in [0.717, 1.165) is 4.88 Å². The predicted octanol–water partition coefficient (Wildman–Crippen LogP) is 3.07. The van der Waals surface area contributed by atoms with Gasteiger partial charge in [0.2, 0.25) is 0 Å². The zero-order chi connectivity index (χ0) is 12.3. The van der Waals surface area contributed by atoms with E-state index in [-0.39, 0.29) is 17.9 Å². The summed E-state index contributed by atoms with van der Waals surface area (Å²) in [5, 5.41) is 8.94. The first-order valence-corrected chi connectivity index (χ1v) is 5.90. The molecule has 1 N–H and O–H groups in total. The molecule has 0 spiro atoms. The van der Waals surface area contributed by atoms with Crippen LogP contribution in [0.3, 0.4) is 0 Å². The van der Waals surface area contributed by atoms with Crippen molar-refractivity contribution in [1.82, 2.24) is 4.98 Å². The minimum absolute atomic E-state index is 0.0997. The average molecular weight is 270 g/mol. The number of aromatic carboxylic acids is 1. The molecule has 4 nitrogen and oxygen atoms in total. The van der Waals surface area contributed by atoms with E-state index in [1.54, 1.807) is 6.07 Å². The minimum Gasteiger partial charge on any atom is -0.486 e. The van der Waals surface area contributed by atoms with E-state index in [1.807, 2.05) is 6.07 Å². The van der Waals surface area contributed by atoms with Crippen molar-refractivity contribution < 1.29 is 14.6 Å². The normalized spacial score (nSPS) is 10.2. The monoisotopic (exact) mass is 269 g/mol. The molecule has 88 valence electrons. The minimum atomic E-state index is -1.04. The summed E-state index contributed by atoms with van der Waals surface area (Å²) in [6.45, 7) is 0.281. The Morgan fingerprint density at radius 2 is 2.29 bits per heavy atom. The topological polar surface area (TPSA) is 59.4 Å². The van der Waals surface area contributed by atoms with Crippen molar-refractivity contribution in [2.75, 3.05) is 0 Å². The second kappa shape index (κ2) is 5.16. The Morgan fingerprint density at radius 1 is 1.47 bits per heavy atom. The molecular weight excluding hydrogens is 262 g/mol. The van der Waals surface area contributed by atoms with Crippen LogP contribution in [-0.2, 0) is 6.61 Å². The summed E-state index contributed by atoms with van der Waals surface area (Å²) in [6.07, 6.45) is 2.80. The Morgan fingerprint density at radius 3 is 2.94 bits per heavy atom. The Labute approximate surface area is 106 Å². The third kappa shape index (κ3) is 2.95. The lowest BCUT2D eigenvalue weighted by atomic mass is 10.2. The lowest BCUT2D eigenvalue weighted by Crippen LogP contribution is -2.03. The SMILES string of the molecule is O=C(O)c1ccncc1OCc1ccc(Cl)s1. The highest BCUT2D eigenvalue weighted by Gasteiger charge is 2.11. The van der Waals surface area contributed by atoms with Crippen LogP contribution in [0, 0.1) is 0 Å². The van der Waals surface area contributed by atoms with Crippen molar-refractivity contribution in [3.8, 4) is 5.75 Å². The molecule has 0 saturated carbocycles. The molecule has 17 heavy (non-hydrogen) atoms. The maximum absolute atomic E-state index is 10.9. The molecule has 0 aliphatic heterocycles. The van der Waals surface area contributed by atoms with E-state index in [0.29, 0.717) is 4.34 Å². The highest BCUT2D eigenvalue weighted by molar-refractivity contribution is 7.16. The van der Waals surface area contributed by atoms with E-state index in [9.17, 15) is 4.79 Å². The van der Waals surface area contributed by atoms with Crippen molar-refractivity contribution in [1.29, 1.82) is 0 Å². The van der Waals surface area contributed by atoms with Crippen LogP contribution in [0.1, 0.15) is 15.2 Å². The quantitative estimate of drug-likeness (QED) is 0.927. The van der Waals surface area contributed by atoms with Gasteiger partial charge in [0.1, 0.15) is 12.2 Å². The van der Waals surface area contributed by atoms with Gasteiger partial charge in [-0.15, -0.1) is 11.3 Å². The van der Waals surface area contributed by atoms with Crippen molar-refractivity contribution in [3.05, 3.63) is 45.4 Å². The van der Waals surface area contributed by atoms with E-state index in [4.69, 9.17) is 21.4 Å². The van der Waals surface area contributed by atoms with E-state index in [2.05, 4.69) is 4.98 Å². The summed E-state index contributed by atoms with van der Waals surface area (Å²) in [7, 11) is 0. The van der Waals surface area contributed by atoms with Crippen LogP contribution in [0.4, 0.5) is 0 Å². The molecular formula is C11H8ClNO3S. The van der Waals surface area contributed by atoms with Crippen LogP contribution < -0.4 is 4.74 Å². The predicted molar refractivity (Wildman–Crippen MR) is 64.9 cm³/mol. The molecule has 0 amide bonds. The molecule has 0 saturated heterocycles. The maximum atomic E-state index is 10.9. The lowest BCUT2D eigenvalue weighted by molar-refractivity contribution is 0.0691. The molecule has 0 fully saturated rings. The Bertz CT molecular complexity index is 541.